The fourth-order valence-electron chi connectivity index (χ4n) is 3.55. The number of nitrogens with one attached hydrogen (secondary N) is 2. The number of carbonyl (C=O) groups is 2. The van der Waals surface area contributed by atoms with Gasteiger partial charge in [0.2, 0.25) is 5.56 Å². The molecule has 0 aliphatic carbocycles. The van der Waals surface area contributed by atoms with E-state index in [0.717, 1.165) is 21.7 Å². The number of hydrogen-bond acceptors (Lipinski definition) is 4. The van der Waals surface area contributed by atoms with Crippen LogP contribution in [-0.4, -0.2) is 47.9 Å². The molecule has 1 fully saturated rings. The van der Waals surface area contributed by atoms with Gasteiger partial charge in [-0.3, -0.25) is 14.4 Å². The summed E-state index contributed by atoms with van der Waals surface area (Å²) in [5.41, 5.74) is 3.04. The van der Waals surface area contributed by atoms with Gasteiger partial charge in [0.15, 0.2) is 0 Å². The molecule has 154 valence electrons. The van der Waals surface area contributed by atoms with Gasteiger partial charge < -0.3 is 20.1 Å². The highest BCUT2D eigenvalue weighted by atomic mass is 35.5. The zero-order valence-corrected chi connectivity index (χ0v) is 17.2. The van der Waals surface area contributed by atoms with Crippen LogP contribution in [0.2, 0.25) is 5.02 Å². The molecule has 0 unspecified atom stereocenters. The molecule has 1 aromatic heterocycles. The Labute approximate surface area is 178 Å². The molecule has 0 atom stereocenters. The number of rotatable bonds is 2. The molecular weight excluding hydrogens is 404 g/mol. The number of aromatic amines is 1. The van der Waals surface area contributed by atoms with Gasteiger partial charge in [0.25, 0.3) is 0 Å². The zero-order valence-electron chi connectivity index (χ0n) is 16.4. The average molecular weight is 425 g/mol. The Morgan fingerprint density at radius 2 is 1.77 bits per heavy atom. The topological polar surface area (TPSA) is 85.5 Å². The molecule has 1 saturated heterocycles. The molecule has 0 spiro atoms. The molecule has 2 aromatic carbocycles. The maximum Gasteiger partial charge on any atom is 0.313 e. The second-order valence-electron chi connectivity index (χ2n) is 7.29. The first-order valence-electron chi connectivity index (χ1n) is 9.65. The van der Waals surface area contributed by atoms with E-state index in [1.807, 2.05) is 25.1 Å². The number of H-pyrrole nitrogens is 1. The number of benzene rings is 2. The lowest BCUT2D eigenvalue weighted by Crippen LogP contribution is -2.51. The Balaban J connectivity index is 1.38. The maximum absolute atomic E-state index is 12.6. The Bertz CT molecular complexity index is 1180. The van der Waals surface area contributed by atoms with Gasteiger partial charge in [0.05, 0.1) is 0 Å². The van der Waals surface area contributed by atoms with Crippen LogP contribution < -0.4 is 15.8 Å². The van der Waals surface area contributed by atoms with Crippen LogP contribution in [-0.2, 0) is 9.59 Å². The first-order valence-corrected chi connectivity index (χ1v) is 10.0. The summed E-state index contributed by atoms with van der Waals surface area (Å²) in [6.07, 6.45) is 0. The quantitative estimate of drug-likeness (QED) is 0.619. The third-order valence-electron chi connectivity index (χ3n) is 5.25. The smallest absolute Gasteiger partial charge is 0.313 e. The van der Waals surface area contributed by atoms with Gasteiger partial charge in [-0.25, -0.2) is 0 Å². The average Bonchev–Trinajstić information content (AvgIpc) is 2.75. The van der Waals surface area contributed by atoms with E-state index in [4.69, 9.17) is 11.6 Å². The van der Waals surface area contributed by atoms with Gasteiger partial charge in [-0.05, 0) is 55.0 Å². The van der Waals surface area contributed by atoms with Crippen LogP contribution in [0, 0.1) is 6.92 Å². The van der Waals surface area contributed by atoms with Crippen molar-refractivity contribution in [2.45, 2.75) is 6.92 Å². The van der Waals surface area contributed by atoms with Crippen LogP contribution in [0.15, 0.2) is 53.3 Å². The summed E-state index contributed by atoms with van der Waals surface area (Å²) < 4.78 is 0. The molecule has 2 amide bonds. The number of fused-ring (bicyclic) bond motifs is 1. The lowest BCUT2D eigenvalue weighted by Gasteiger charge is -2.36. The van der Waals surface area contributed by atoms with Crippen LogP contribution in [0.1, 0.15) is 5.56 Å². The number of carbonyl (C=O) groups excluding carboxylic acids is 2. The second kappa shape index (κ2) is 8.20. The fourth-order valence-corrected chi connectivity index (χ4v) is 3.67. The summed E-state index contributed by atoms with van der Waals surface area (Å²) in [5, 5.41) is 4.15. The maximum atomic E-state index is 12.6. The third-order valence-corrected chi connectivity index (χ3v) is 5.67. The lowest BCUT2D eigenvalue weighted by molar-refractivity contribution is -0.143. The minimum Gasteiger partial charge on any atom is -0.368 e. The molecule has 0 bridgehead atoms. The fraction of sp³-hybridized carbons (Fsp3) is 0.227. The van der Waals surface area contributed by atoms with Crippen molar-refractivity contribution < 1.29 is 9.59 Å². The molecule has 4 rings (SSSR count). The summed E-state index contributed by atoms with van der Waals surface area (Å²) in [4.78, 5) is 42.9. The number of hydrogen-bond donors (Lipinski definition) is 2. The van der Waals surface area contributed by atoms with E-state index in [2.05, 4.69) is 15.2 Å². The molecule has 7 nitrogen and oxygen atoms in total. The SMILES string of the molecule is Cc1cc(N2CCN(C(=O)C(=O)Nc3ccc4[nH]c(=O)ccc4c3)CC2)ccc1Cl. The van der Waals surface area contributed by atoms with Gasteiger partial charge in [-0.2, -0.15) is 0 Å². The minimum atomic E-state index is -0.672. The van der Waals surface area contributed by atoms with E-state index in [1.54, 1.807) is 29.2 Å². The highest BCUT2D eigenvalue weighted by molar-refractivity contribution is 6.39. The number of aromatic nitrogens is 1. The molecule has 0 radical (unpaired) electrons. The number of piperazine rings is 1. The molecule has 2 heterocycles. The summed E-state index contributed by atoms with van der Waals surface area (Å²) in [7, 11) is 0. The number of amides is 2. The van der Waals surface area contributed by atoms with E-state index in [0.29, 0.717) is 37.4 Å². The van der Waals surface area contributed by atoms with Crippen LogP contribution in [0.25, 0.3) is 10.9 Å². The van der Waals surface area contributed by atoms with Crippen molar-refractivity contribution in [3.63, 3.8) is 0 Å². The monoisotopic (exact) mass is 424 g/mol. The van der Waals surface area contributed by atoms with E-state index in [1.165, 1.54) is 6.07 Å². The van der Waals surface area contributed by atoms with E-state index in [9.17, 15) is 14.4 Å². The second-order valence-corrected chi connectivity index (χ2v) is 7.70. The predicted octanol–water partition coefficient (Wildman–Crippen LogP) is 2.78. The summed E-state index contributed by atoms with van der Waals surface area (Å²) in [5.74, 6) is -1.22. The Morgan fingerprint density at radius 1 is 1.00 bits per heavy atom. The van der Waals surface area contributed by atoms with Gasteiger partial charge in [-0.1, -0.05) is 11.6 Å². The minimum absolute atomic E-state index is 0.192. The predicted molar refractivity (Wildman–Crippen MR) is 118 cm³/mol. The molecule has 3 aromatic rings. The van der Waals surface area contributed by atoms with Gasteiger partial charge >= 0.3 is 11.8 Å². The van der Waals surface area contributed by atoms with Gasteiger partial charge in [-0.15, -0.1) is 0 Å². The molecule has 30 heavy (non-hydrogen) atoms. The van der Waals surface area contributed by atoms with Crippen LogP contribution >= 0.6 is 11.6 Å². The van der Waals surface area contributed by atoms with Gasteiger partial charge in [0, 0.05) is 59.5 Å². The standard InChI is InChI=1S/C22H21ClN4O3/c1-14-12-17(4-5-18(14)23)26-8-10-27(11-9-26)22(30)21(29)24-16-3-6-19-15(13-16)2-7-20(28)25-19/h2-7,12-13H,8-11H2,1H3,(H,24,29)(H,25,28). The number of aryl methyl sites for hydroxylation is 1. The summed E-state index contributed by atoms with van der Waals surface area (Å²) in [6, 6.07) is 14.0. The molecule has 2 N–H and O–H groups in total. The Morgan fingerprint density at radius 3 is 2.50 bits per heavy atom. The highest BCUT2D eigenvalue weighted by Gasteiger charge is 2.26. The van der Waals surface area contributed by atoms with Crippen molar-refractivity contribution in [3.05, 3.63) is 69.5 Å². The Hall–Kier alpha value is -3.32. The van der Waals surface area contributed by atoms with Crippen molar-refractivity contribution >= 4 is 45.7 Å². The molecular formula is C22H21ClN4O3. The van der Waals surface area contributed by atoms with Crippen LogP contribution in [0.5, 0.6) is 0 Å². The van der Waals surface area contributed by atoms with Crippen LogP contribution in [0.4, 0.5) is 11.4 Å². The van der Waals surface area contributed by atoms with Crippen LogP contribution in [0.3, 0.4) is 0 Å². The van der Waals surface area contributed by atoms with E-state index in [-0.39, 0.29) is 5.56 Å². The van der Waals surface area contributed by atoms with Crippen molar-refractivity contribution in [3.8, 4) is 0 Å². The lowest BCUT2D eigenvalue weighted by atomic mass is 10.2. The number of nitrogens with zero attached hydrogens (tertiary/aromatic N) is 2. The van der Waals surface area contributed by atoms with Crippen molar-refractivity contribution in [2.75, 3.05) is 36.4 Å². The van der Waals surface area contributed by atoms with Crippen molar-refractivity contribution in [1.29, 1.82) is 0 Å². The first kappa shape index (κ1) is 20.0. The summed E-state index contributed by atoms with van der Waals surface area (Å²) >= 11 is 6.09. The zero-order chi connectivity index (χ0) is 21.3. The largest absolute Gasteiger partial charge is 0.368 e. The van der Waals surface area contributed by atoms with Gasteiger partial charge in [0.1, 0.15) is 0 Å². The number of anilines is 2. The molecule has 1 aliphatic heterocycles. The van der Waals surface area contributed by atoms with Crippen molar-refractivity contribution in [1.82, 2.24) is 9.88 Å². The van der Waals surface area contributed by atoms with E-state index < -0.39 is 11.8 Å². The van der Waals surface area contributed by atoms with E-state index >= 15 is 0 Å². The van der Waals surface area contributed by atoms with Crippen molar-refractivity contribution in [2.24, 2.45) is 0 Å². The first-order chi connectivity index (χ1) is 14.4. The highest BCUT2D eigenvalue weighted by Crippen LogP contribution is 2.23. The summed E-state index contributed by atoms with van der Waals surface area (Å²) in [6.45, 7) is 4.17. The molecule has 0 saturated carbocycles. The third kappa shape index (κ3) is 4.16. The number of halogens is 1. The normalized spacial score (nSPS) is 14.1. The number of pyridine rings is 1. The molecule has 8 heteroatoms. The molecule has 1 aliphatic rings. The Kier molecular flexibility index (Phi) is 5.46.